The quantitative estimate of drug-likeness (QED) is 0.850. The highest BCUT2D eigenvalue weighted by molar-refractivity contribution is 5.89. The highest BCUT2D eigenvalue weighted by atomic mass is 16.5. The van der Waals surface area contributed by atoms with Gasteiger partial charge in [-0.2, -0.15) is 4.98 Å². The van der Waals surface area contributed by atoms with Crippen LogP contribution in [0.25, 0.3) is 0 Å². The first-order valence-electron chi connectivity index (χ1n) is 8.93. The van der Waals surface area contributed by atoms with E-state index in [0.29, 0.717) is 30.6 Å². The van der Waals surface area contributed by atoms with Crippen LogP contribution in [0.1, 0.15) is 55.9 Å². The van der Waals surface area contributed by atoms with E-state index in [-0.39, 0.29) is 23.9 Å². The number of carbonyl (C=O) groups excluding carboxylic acids is 1. The molecule has 2 aromatic heterocycles. The third-order valence-electron chi connectivity index (χ3n) is 4.40. The van der Waals surface area contributed by atoms with Gasteiger partial charge in [-0.3, -0.25) is 4.98 Å². The van der Waals surface area contributed by atoms with Crippen molar-refractivity contribution in [3.8, 4) is 0 Å². The maximum absolute atomic E-state index is 12.5. The highest BCUT2D eigenvalue weighted by Gasteiger charge is 2.31. The van der Waals surface area contributed by atoms with Crippen LogP contribution in [0.3, 0.4) is 0 Å². The second-order valence-electron chi connectivity index (χ2n) is 6.92. The van der Waals surface area contributed by atoms with Crippen LogP contribution in [0.15, 0.2) is 23.0 Å². The van der Waals surface area contributed by atoms with Crippen molar-refractivity contribution < 1.29 is 14.1 Å². The molecule has 8 nitrogen and oxygen atoms in total. The number of hydrogen-bond acceptors (Lipinski definition) is 6. The molecule has 26 heavy (non-hydrogen) atoms. The van der Waals surface area contributed by atoms with Crippen molar-refractivity contribution in [3.63, 3.8) is 0 Å². The number of nitrogens with zero attached hydrogens (tertiary/aromatic N) is 3. The number of ether oxygens (including phenoxy) is 1. The summed E-state index contributed by atoms with van der Waals surface area (Å²) in [5.41, 5.74) is 1.61. The van der Waals surface area contributed by atoms with E-state index >= 15 is 0 Å². The van der Waals surface area contributed by atoms with Gasteiger partial charge in [-0.25, -0.2) is 4.79 Å². The Kier molecular flexibility index (Phi) is 5.82. The molecular formula is C18H25N5O3. The zero-order valence-electron chi connectivity index (χ0n) is 15.4. The van der Waals surface area contributed by atoms with E-state index in [2.05, 4.69) is 25.8 Å². The van der Waals surface area contributed by atoms with Crippen LogP contribution < -0.4 is 10.6 Å². The molecule has 0 bridgehead atoms. The van der Waals surface area contributed by atoms with E-state index in [1.54, 1.807) is 12.4 Å². The third kappa shape index (κ3) is 4.57. The maximum Gasteiger partial charge on any atom is 0.319 e. The lowest BCUT2D eigenvalue weighted by atomic mass is 9.91. The van der Waals surface area contributed by atoms with Gasteiger partial charge in [0.2, 0.25) is 5.89 Å². The molecule has 1 aliphatic rings. The molecule has 0 unspecified atom stereocenters. The van der Waals surface area contributed by atoms with Gasteiger partial charge >= 0.3 is 6.03 Å². The summed E-state index contributed by atoms with van der Waals surface area (Å²) in [7, 11) is 0. The first-order valence-corrected chi connectivity index (χ1v) is 8.93. The first-order chi connectivity index (χ1) is 12.5. The molecule has 0 aliphatic carbocycles. The SMILES string of the molecule is Cc1cncc(NC(=O)N[C@H](c2nc(C(C)C)no2)C2CCOCC2)c1. The fourth-order valence-electron chi connectivity index (χ4n) is 2.97. The van der Waals surface area contributed by atoms with Gasteiger partial charge in [0.05, 0.1) is 11.9 Å². The van der Waals surface area contributed by atoms with Crippen LogP contribution in [0.4, 0.5) is 10.5 Å². The normalized spacial score (nSPS) is 16.5. The summed E-state index contributed by atoms with van der Waals surface area (Å²) in [4.78, 5) is 21.1. The van der Waals surface area contributed by atoms with Gasteiger partial charge < -0.3 is 19.9 Å². The van der Waals surface area contributed by atoms with Gasteiger partial charge in [0, 0.05) is 25.3 Å². The zero-order valence-corrected chi connectivity index (χ0v) is 15.4. The van der Waals surface area contributed by atoms with E-state index < -0.39 is 0 Å². The first kappa shape index (κ1) is 18.3. The Morgan fingerprint density at radius 2 is 2.04 bits per heavy atom. The van der Waals surface area contributed by atoms with Crippen LogP contribution in [-0.4, -0.2) is 34.4 Å². The van der Waals surface area contributed by atoms with Gasteiger partial charge in [-0.1, -0.05) is 19.0 Å². The monoisotopic (exact) mass is 359 g/mol. The van der Waals surface area contributed by atoms with E-state index in [1.165, 1.54) is 0 Å². The Bertz CT molecular complexity index is 740. The van der Waals surface area contributed by atoms with Crippen molar-refractivity contribution >= 4 is 11.7 Å². The fraction of sp³-hybridized carbons (Fsp3) is 0.556. The Morgan fingerprint density at radius 3 is 2.69 bits per heavy atom. The zero-order chi connectivity index (χ0) is 18.5. The Labute approximate surface area is 152 Å². The van der Waals surface area contributed by atoms with Gasteiger partial charge in [0.1, 0.15) is 6.04 Å². The smallest absolute Gasteiger partial charge is 0.319 e. The predicted octanol–water partition coefficient (Wildman–Crippen LogP) is 3.19. The lowest BCUT2D eigenvalue weighted by molar-refractivity contribution is 0.0506. The second-order valence-corrected chi connectivity index (χ2v) is 6.92. The molecule has 1 fully saturated rings. The molecule has 2 aromatic rings. The molecule has 3 heterocycles. The number of anilines is 1. The van der Waals surface area contributed by atoms with E-state index in [4.69, 9.17) is 9.26 Å². The van der Waals surface area contributed by atoms with E-state index in [9.17, 15) is 4.79 Å². The van der Waals surface area contributed by atoms with E-state index in [0.717, 1.165) is 18.4 Å². The standard InChI is InChI=1S/C18H25N5O3/c1-11(2)16-22-17(26-23-16)15(13-4-6-25-7-5-13)21-18(24)20-14-8-12(3)9-19-10-14/h8-11,13,15H,4-7H2,1-3H3,(H2,20,21,24)/t15-/m0/s1. The van der Waals surface area contributed by atoms with Crippen LogP contribution in [0.2, 0.25) is 0 Å². The number of aryl methyl sites for hydroxylation is 1. The lowest BCUT2D eigenvalue weighted by Crippen LogP contribution is -2.38. The molecule has 1 aliphatic heterocycles. The van der Waals surface area contributed by atoms with Crippen LogP contribution in [0.5, 0.6) is 0 Å². The van der Waals surface area contributed by atoms with Crippen molar-refractivity contribution in [3.05, 3.63) is 35.7 Å². The molecule has 1 saturated heterocycles. The number of hydrogen-bond donors (Lipinski definition) is 2. The van der Waals surface area contributed by atoms with Crippen LogP contribution in [0, 0.1) is 12.8 Å². The minimum absolute atomic E-state index is 0.162. The molecule has 2 N–H and O–H groups in total. The summed E-state index contributed by atoms with van der Waals surface area (Å²) in [5, 5.41) is 9.85. The molecule has 0 radical (unpaired) electrons. The number of rotatable bonds is 5. The summed E-state index contributed by atoms with van der Waals surface area (Å²) in [6, 6.07) is 1.19. The predicted molar refractivity (Wildman–Crippen MR) is 95.8 cm³/mol. The van der Waals surface area contributed by atoms with Gasteiger partial charge in [0.25, 0.3) is 0 Å². The third-order valence-corrected chi connectivity index (χ3v) is 4.40. The number of nitrogens with one attached hydrogen (secondary N) is 2. The Balaban J connectivity index is 1.75. The van der Waals surface area contributed by atoms with Crippen molar-refractivity contribution in [2.24, 2.45) is 5.92 Å². The average molecular weight is 359 g/mol. The van der Waals surface area contributed by atoms with Crippen molar-refractivity contribution in [1.82, 2.24) is 20.4 Å². The topological polar surface area (TPSA) is 102 Å². The summed E-state index contributed by atoms with van der Waals surface area (Å²) in [6.07, 6.45) is 5.01. The van der Waals surface area contributed by atoms with Crippen molar-refractivity contribution in [2.45, 2.75) is 45.6 Å². The molecule has 8 heteroatoms. The second kappa shape index (κ2) is 8.27. The van der Waals surface area contributed by atoms with E-state index in [1.807, 2.05) is 26.8 Å². The molecule has 0 aromatic carbocycles. The molecule has 3 rings (SSSR count). The molecule has 140 valence electrons. The van der Waals surface area contributed by atoms with Crippen LogP contribution in [-0.2, 0) is 4.74 Å². The number of aromatic nitrogens is 3. The number of pyridine rings is 1. The Morgan fingerprint density at radius 1 is 1.27 bits per heavy atom. The fourth-order valence-corrected chi connectivity index (χ4v) is 2.97. The molecular weight excluding hydrogens is 334 g/mol. The minimum Gasteiger partial charge on any atom is -0.381 e. The van der Waals surface area contributed by atoms with Gasteiger partial charge in [-0.05, 0) is 37.3 Å². The number of amides is 2. The maximum atomic E-state index is 12.5. The minimum atomic E-state index is -0.350. The molecule has 1 atom stereocenters. The summed E-state index contributed by atoms with van der Waals surface area (Å²) >= 11 is 0. The summed E-state index contributed by atoms with van der Waals surface area (Å²) in [6.45, 7) is 7.26. The van der Waals surface area contributed by atoms with Crippen LogP contribution >= 0.6 is 0 Å². The average Bonchev–Trinajstić information content (AvgIpc) is 3.10. The Hall–Kier alpha value is -2.48. The summed E-state index contributed by atoms with van der Waals surface area (Å²) < 4.78 is 10.9. The molecule has 2 amide bonds. The van der Waals surface area contributed by atoms with Crippen molar-refractivity contribution in [1.29, 1.82) is 0 Å². The largest absolute Gasteiger partial charge is 0.381 e. The van der Waals surface area contributed by atoms with Crippen molar-refractivity contribution in [2.75, 3.05) is 18.5 Å². The number of carbonyl (C=O) groups is 1. The summed E-state index contributed by atoms with van der Waals surface area (Å²) in [5.74, 6) is 1.43. The number of urea groups is 1. The highest BCUT2D eigenvalue weighted by Crippen LogP contribution is 2.30. The lowest BCUT2D eigenvalue weighted by Gasteiger charge is -2.28. The van der Waals surface area contributed by atoms with Gasteiger partial charge in [0.15, 0.2) is 5.82 Å². The van der Waals surface area contributed by atoms with Gasteiger partial charge in [-0.15, -0.1) is 0 Å². The molecule has 0 saturated carbocycles. The molecule has 0 spiro atoms.